The highest BCUT2D eigenvalue weighted by Gasteiger charge is 2.02. The number of hydrogen-bond donors (Lipinski definition) is 1. The van der Waals surface area contributed by atoms with Gasteiger partial charge < -0.3 is 10.5 Å². The standard InChI is InChI=1S/C14H24N2O/c1-3-4-5-6-7-12(2)17-11-13-8-9-14(15)16-10-13/h8-10,12H,3-7,11H2,1-2H3,(H2,15,16). The molecule has 0 aliphatic heterocycles. The molecular weight excluding hydrogens is 212 g/mol. The number of ether oxygens (including phenoxy) is 1. The zero-order valence-electron chi connectivity index (χ0n) is 11.0. The Morgan fingerprint density at radius 1 is 1.29 bits per heavy atom. The maximum Gasteiger partial charge on any atom is 0.123 e. The first kappa shape index (κ1) is 14.0. The monoisotopic (exact) mass is 236 g/mol. The van der Waals surface area contributed by atoms with Gasteiger partial charge in [-0.15, -0.1) is 0 Å². The molecule has 0 aliphatic carbocycles. The molecule has 3 heteroatoms. The molecule has 96 valence electrons. The van der Waals surface area contributed by atoms with Gasteiger partial charge in [0.1, 0.15) is 5.82 Å². The normalized spacial score (nSPS) is 12.6. The van der Waals surface area contributed by atoms with Crippen molar-refractivity contribution >= 4 is 5.82 Å². The number of nitrogens with zero attached hydrogens (tertiary/aromatic N) is 1. The molecule has 0 spiro atoms. The van der Waals surface area contributed by atoms with Crippen molar-refractivity contribution in [3.8, 4) is 0 Å². The molecule has 0 radical (unpaired) electrons. The lowest BCUT2D eigenvalue weighted by Crippen LogP contribution is -2.08. The van der Waals surface area contributed by atoms with Crippen LogP contribution in [0.15, 0.2) is 18.3 Å². The minimum atomic E-state index is 0.324. The van der Waals surface area contributed by atoms with Gasteiger partial charge in [-0.2, -0.15) is 0 Å². The van der Waals surface area contributed by atoms with Gasteiger partial charge in [0, 0.05) is 6.20 Å². The molecule has 3 nitrogen and oxygen atoms in total. The summed E-state index contributed by atoms with van der Waals surface area (Å²) < 4.78 is 5.77. The van der Waals surface area contributed by atoms with E-state index in [4.69, 9.17) is 10.5 Å². The van der Waals surface area contributed by atoms with Crippen LogP contribution >= 0.6 is 0 Å². The Kier molecular flexibility index (Phi) is 6.63. The van der Waals surface area contributed by atoms with E-state index < -0.39 is 0 Å². The predicted octanol–water partition coefficient (Wildman–Crippen LogP) is 3.54. The van der Waals surface area contributed by atoms with E-state index in [0.29, 0.717) is 18.5 Å². The molecule has 0 bridgehead atoms. The number of hydrogen-bond acceptors (Lipinski definition) is 3. The summed E-state index contributed by atoms with van der Waals surface area (Å²) in [4.78, 5) is 4.04. The van der Waals surface area contributed by atoms with Crippen LogP contribution in [0.25, 0.3) is 0 Å². The smallest absolute Gasteiger partial charge is 0.123 e. The fourth-order valence-electron chi connectivity index (χ4n) is 1.70. The highest BCUT2D eigenvalue weighted by Crippen LogP contribution is 2.10. The Hall–Kier alpha value is -1.09. The summed E-state index contributed by atoms with van der Waals surface area (Å²) in [6.45, 7) is 4.99. The molecule has 0 aliphatic rings. The number of nitrogens with two attached hydrogens (primary N) is 1. The van der Waals surface area contributed by atoms with E-state index in [2.05, 4.69) is 18.8 Å². The van der Waals surface area contributed by atoms with Crippen molar-refractivity contribution in [3.63, 3.8) is 0 Å². The van der Waals surface area contributed by atoms with Crippen LogP contribution in [0.5, 0.6) is 0 Å². The molecule has 1 rings (SSSR count). The third-order valence-electron chi connectivity index (χ3n) is 2.85. The Balaban J connectivity index is 2.14. The Bertz CT molecular complexity index is 298. The molecule has 0 fully saturated rings. The van der Waals surface area contributed by atoms with Gasteiger partial charge in [-0.3, -0.25) is 0 Å². The van der Waals surface area contributed by atoms with Gasteiger partial charge in [0.2, 0.25) is 0 Å². The van der Waals surface area contributed by atoms with Gasteiger partial charge in [0.15, 0.2) is 0 Å². The first-order valence-electron chi connectivity index (χ1n) is 6.54. The maximum absolute atomic E-state index is 5.77. The molecule has 0 saturated carbocycles. The fraction of sp³-hybridized carbons (Fsp3) is 0.643. The fourth-order valence-corrected chi connectivity index (χ4v) is 1.70. The molecule has 0 amide bonds. The van der Waals surface area contributed by atoms with E-state index >= 15 is 0 Å². The van der Waals surface area contributed by atoms with Crippen LogP contribution in [-0.4, -0.2) is 11.1 Å². The third kappa shape index (κ3) is 6.27. The number of rotatable bonds is 8. The number of pyridine rings is 1. The summed E-state index contributed by atoms with van der Waals surface area (Å²) in [5.41, 5.74) is 6.61. The summed E-state index contributed by atoms with van der Waals surface area (Å²) in [6.07, 6.45) is 8.43. The number of nitrogen functional groups attached to an aromatic ring is 1. The second-order valence-corrected chi connectivity index (χ2v) is 4.56. The Labute approximate surface area is 104 Å². The molecule has 2 N–H and O–H groups in total. The van der Waals surface area contributed by atoms with Crippen molar-refractivity contribution in [1.29, 1.82) is 0 Å². The lowest BCUT2D eigenvalue weighted by Gasteiger charge is -2.12. The maximum atomic E-state index is 5.77. The van der Waals surface area contributed by atoms with Crippen molar-refractivity contribution in [2.75, 3.05) is 5.73 Å². The minimum Gasteiger partial charge on any atom is -0.384 e. The lowest BCUT2D eigenvalue weighted by molar-refractivity contribution is 0.0457. The van der Waals surface area contributed by atoms with Crippen LogP contribution in [0.1, 0.15) is 51.5 Å². The molecule has 1 aromatic rings. The van der Waals surface area contributed by atoms with E-state index in [1.54, 1.807) is 6.20 Å². The van der Waals surface area contributed by atoms with E-state index in [0.717, 1.165) is 12.0 Å². The lowest BCUT2D eigenvalue weighted by atomic mass is 10.1. The van der Waals surface area contributed by atoms with E-state index in [1.807, 2.05) is 12.1 Å². The first-order valence-corrected chi connectivity index (χ1v) is 6.54. The third-order valence-corrected chi connectivity index (χ3v) is 2.85. The summed E-state index contributed by atoms with van der Waals surface area (Å²) in [5, 5.41) is 0. The van der Waals surface area contributed by atoms with Gasteiger partial charge in [0.25, 0.3) is 0 Å². The predicted molar refractivity (Wildman–Crippen MR) is 71.7 cm³/mol. The second kappa shape index (κ2) is 8.07. The van der Waals surface area contributed by atoms with Gasteiger partial charge in [-0.05, 0) is 25.0 Å². The summed E-state index contributed by atoms with van der Waals surface area (Å²) in [6, 6.07) is 3.77. The number of aromatic nitrogens is 1. The molecule has 0 saturated heterocycles. The van der Waals surface area contributed by atoms with Crippen LogP contribution in [-0.2, 0) is 11.3 Å². The summed E-state index contributed by atoms with van der Waals surface area (Å²) >= 11 is 0. The van der Waals surface area contributed by atoms with E-state index in [-0.39, 0.29) is 0 Å². The molecule has 1 unspecified atom stereocenters. The van der Waals surface area contributed by atoms with Crippen molar-refractivity contribution in [2.24, 2.45) is 0 Å². The Morgan fingerprint density at radius 2 is 2.12 bits per heavy atom. The average molecular weight is 236 g/mol. The molecule has 0 aromatic carbocycles. The molecule has 17 heavy (non-hydrogen) atoms. The molecule has 1 heterocycles. The highest BCUT2D eigenvalue weighted by atomic mass is 16.5. The van der Waals surface area contributed by atoms with Crippen molar-refractivity contribution in [3.05, 3.63) is 23.9 Å². The number of anilines is 1. The second-order valence-electron chi connectivity index (χ2n) is 4.56. The molecule has 1 aromatic heterocycles. The quantitative estimate of drug-likeness (QED) is 0.702. The largest absolute Gasteiger partial charge is 0.384 e. The van der Waals surface area contributed by atoms with Crippen molar-refractivity contribution in [1.82, 2.24) is 4.98 Å². The van der Waals surface area contributed by atoms with Crippen molar-refractivity contribution < 1.29 is 4.74 Å². The van der Waals surface area contributed by atoms with Crippen molar-refractivity contribution in [2.45, 2.75) is 58.7 Å². The molecular formula is C14H24N2O. The van der Waals surface area contributed by atoms with Gasteiger partial charge >= 0.3 is 0 Å². The SMILES string of the molecule is CCCCCCC(C)OCc1ccc(N)nc1. The van der Waals surface area contributed by atoms with Gasteiger partial charge in [0.05, 0.1) is 12.7 Å². The Morgan fingerprint density at radius 3 is 2.76 bits per heavy atom. The van der Waals surface area contributed by atoms with E-state index in [9.17, 15) is 0 Å². The summed E-state index contributed by atoms with van der Waals surface area (Å²) in [7, 11) is 0. The zero-order valence-corrected chi connectivity index (χ0v) is 11.0. The van der Waals surface area contributed by atoms with Crippen LogP contribution in [0.4, 0.5) is 5.82 Å². The summed E-state index contributed by atoms with van der Waals surface area (Å²) in [5.74, 6) is 0.557. The topological polar surface area (TPSA) is 48.1 Å². The first-order chi connectivity index (χ1) is 8.22. The van der Waals surface area contributed by atoms with Crippen LogP contribution < -0.4 is 5.73 Å². The number of unbranched alkanes of at least 4 members (excludes halogenated alkanes) is 3. The average Bonchev–Trinajstić information content (AvgIpc) is 2.34. The van der Waals surface area contributed by atoms with Gasteiger partial charge in [-0.25, -0.2) is 4.98 Å². The van der Waals surface area contributed by atoms with E-state index in [1.165, 1.54) is 25.7 Å². The minimum absolute atomic E-state index is 0.324. The molecule has 1 atom stereocenters. The highest BCUT2D eigenvalue weighted by molar-refractivity contribution is 5.28. The van der Waals surface area contributed by atoms with Crippen LogP contribution in [0.3, 0.4) is 0 Å². The zero-order chi connectivity index (χ0) is 12.5. The van der Waals surface area contributed by atoms with Crippen LogP contribution in [0, 0.1) is 0 Å². The van der Waals surface area contributed by atoms with Gasteiger partial charge in [-0.1, -0.05) is 38.7 Å². The van der Waals surface area contributed by atoms with Crippen LogP contribution in [0.2, 0.25) is 0 Å².